The van der Waals surface area contributed by atoms with Crippen LogP contribution in [0.3, 0.4) is 0 Å². The van der Waals surface area contributed by atoms with Gasteiger partial charge in [-0.1, -0.05) is 97.1 Å². The number of fused-ring (bicyclic) bond motifs is 2. The van der Waals surface area contributed by atoms with Crippen LogP contribution in [-0.2, 0) is 0 Å². The van der Waals surface area contributed by atoms with Crippen LogP contribution in [0.15, 0.2) is 121 Å². The molecule has 0 aromatic heterocycles. The minimum absolute atomic E-state index is 0.0942. The summed E-state index contributed by atoms with van der Waals surface area (Å²) in [5.41, 5.74) is 6.23. The van der Waals surface area contributed by atoms with Crippen LogP contribution in [-0.4, -0.2) is 36.6 Å². The fraction of sp³-hybridized carbons (Fsp3) is 0.111. The summed E-state index contributed by atoms with van der Waals surface area (Å²) in [6.07, 6.45) is 0. The third kappa shape index (κ3) is 5.03. The van der Waals surface area contributed by atoms with Crippen molar-refractivity contribution in [2.24, 2.45) is 0 Å². The van der Waals surface area contributed by atoms with E-state index in [0.29, 0.717) is 11.5 Å². The number of aliphatic hydroxyl groups excluding tert-OH is 2. The molecule has 0 atom stereocenters. The standard InChI is InChI=1S/C36H30O4/c37-19-21-39-33-17-15-27-11-13-29(25-7-3-1-4-8-25)23-31(27)35(33)36-32-24-30(26-9-5-2-6-10-26)14-12-28(32)16-18-34(36)40-22-20-38/h1-18,23-24,37-38H,19-22H2. The van der Waals surface area contributed by atoms with Crippen LogP contribution in [0.5, 0.6) is 11.5 Å². The average molecular weight is 527 g/mol. The molecule has 4 heteroatoms. The maximum absolute atomic E-state index is 9.62. The van der Waals surface area contributed by atoms with Gasteiger partial charge in [0.2, 0.25) is 0 Å². The van der Waals surface area contributed by atoms with Gasteiger partial charge in [0.05, 0.1) is 13.2 Å². The van der Waals surface area contributed by atoms with E-state index in [1.54, 1.807) is 0 Å². The number of hydrogen-bond donors (Lipinski definition) is 2. The van der Waals surface area contributed by atoms with Gasteiger partial charge in [0, 0.05) is 11.1 Å². The summed E-state index contributed by atoms with van der Waals surface area (Å²) in [6, 6.07) is 41.6. The van der Waals surface area contributed by atoms with Gasteiger partial charge in [-0.25, -0.2) is 0 Å². The summed E-state index contributed by atoms with van der Waals surface area (Å²) in [4.78, 5) is 0. The van der Waals surface area contributed by atoms with Crippen LogP contribution in [0.4, 0.5) is 0 Å². The van der Waals surface area contributed by atoms with E-state index in [0.717, 1.165) is 54.9 Å². The quantitative estimate of drug-likeness (QED) is 0.202. The minimum Gasteiger partial charge on any atom is -0.491 e. The minimum atomic E-state index is -0.0942. The van der Waals surface area contributed by atoms with Crippen molar-refractivity contribution < 1.29 is 19.7 Å². The van der Waals surface area contributed by atoms with Crippen molar-refractivity contribution in [3.63, 3.8) is 0 Å². The first-order valence-electron chi connectivity index (χ1n) is 13.5. The molecular formula is C36H30O4. The molecule has 4 nitrogen and oxygen atoms in total. The molecule has 0 amide bonds. The van der Waals surface area contributed by atoms with Crippen molar-refractivity contribution in [1.29, 1.82) is 0 Å². The van der Waals surface area contributed by atoms with Crippen molar-refractivity contribution in [2.45, 2.75) is 0 Å². The number of aliphatic hydroxyl groups is 2. The van der Waals surface area contributed by atoms with Gasteiger partial charge in [-0.2, -0.15) is 0 Å². The molecule has 0 bridgehead atoms. The Morgan fingerprint density at radius 1 is 0.425 bits per heavy atom. The Balaban J connectivity index is 1.69. The largest absolute Gasteiger partial charge is 0.491 e. The van der Waals surface area contributed by atoms with Crippen molar-refractivity contribution >= 4 is 21.5 Å². The molecule has 198 valence electrons. The highest BCUT2D eigenvalue weighted by Crippen LogP contribution is 2.47. The highest BCUT2D eigenvalue weighted by Gasteiger charge is 2.20. The molecule has 6 aromatic carbocycles. The Hall–Kier alpha value is -4.64. The van der Waals surface area contributed by atoms with E-state index in [1.165, 1.54) is 0 Å². The van der Waals surface area contributed by atoms with Crippen LogP contribution in [0.2, 0.25) is 0 Å². The van der Waals surface area contributed by atoms with E-state index in [9.17, 15) is 10.2 Å². The van der Waals surface area contributed by atoms with Crippen LogP contribution < -0.4 is 9.47 Å². The number of benzene rings is 6. The predicted molar refractivity (Wildman–Crippen MR) is 163 cm³/mol. The second-order valence-electron chi connectivity index (χ2n) is 9.63. The van der Waals surface area contributed by atoms with Gasteiger partial charge in [-0.05, 0) is 68.1 Å². The zero-order valence-electron chi connectivity index (χ0n) is 22.1. The Labute approximate surface area is 233 Å². The Bertz CT molecular complexity index is 1630. The van der Waals surface area contributed by atoms with E-state index < -0.39 is 0 Å². The van der Waals surface area contributed by atoms with E-state index in [4.69, 9.17) is 9.47 Å². The van der Waals surface area contributed by atoms with E-state index in [1.807, 2.05) is 48.5 Å². The smallest absolute Gasteiger partial charge is 0.128 e. The van der Waals surface area contributed by atoms with Crippen LogP contribution in [0.25, 0.3) is 54.9 Å². The lowest BCUT2D eigenvalue weighted by Gasteiger charge is -2.20. The maximum Gasteiger partial charge on any atom is 0.128 e. The van der Waals surface area contributed by atoms with Crippen molar-refractivity contribution in [2.75, 3.05) is 26.4 Å². The Morgan fingerprint density at radius 3 is 1.23 bits per heavy atom. The maximum atomic E-state index is 9.62. The Morgan fingerprint density at radius 2 is 0.825 bits per heavy atom. The molecule has 0 fully saturated rings. The third-order valence-corrected chi connectivity index (χ3v) is 7.13. The molecule has 0 aliphatic carbocycles. The van der Waals surface area contributed by atoms with E-state index >= 15 is 0 Å². The number of ether oxygens (including phenoxy) is 2. The van der Waals surface area contributed by atoms with E-state index in [2.05, 4.69) is 72.8 Å². The lowest BCUT2D eigenvalue weighted by Crippen LogP contribution is -2.05. The fourth-order valence-electron chi connectivity index (χ4n) is 5.29. The van der Waals surface area contributed by atoms with Gasteiger partial charge in [0.1, 0.15) is 24.7 Å². The zero-order chi connectivity index (χ0) is 27.3. The third-order valence-electron chi connectivity index (χ3n) is 7.13. The van der Waals surface area contributed by atoms with Gasteiger partial charge < -0.3 is 19.7 Å². The molecule has 6 aromatic rings. The van der Waals surface area contributed by atoms with Crippen molar-refractivity contribution in [3.05, 3.63) is 121 Å². The molecule has 0 saturated carbocycles. The van der Waals surface area contributed by atoms with Gasteiger partial charge >= 0.3 is 0 Å². The summed E-state index contributed by atoms with van der Waals surface area (Å²) in [7, 11) is 0. The summed E-state index contributed by atoms with van der Waals surface area (Å²) in [5.74, 6) is 1.33. The van der Waals surface area contributed by atoms with Crippen molar-refractivity contribution in [1.82, 2.24) is 0 Å². The van der Waals surface area contributed by atoms with Crippen molar-refractivity contribution in [3.8, 4) is 44.9 Å². The lowest BCUT2D eigenvalue weighted by molar-refractivity contribution is 0.200. The van der Waals surface area contributed by atoms with Crippen LogP contribution >= 0.6 is 0 Å². The monoisotopic (exact) mass is 526 g/mol. The van der Waals surface area contributed by atoms with Crippen LogP contribution in [0, 0.1) is 0 Å². The number of rotatable bonds is 9. The first kappa shape index (κ1) is 25.6. The molecule has 40 heavy (non-hydrogen) atoms. The zero-order valence-corrected chi connectivity index (χ0v) is 22.1. The van der Waals surface area contributed by atoms with Crippen LogP contribution in [0.1, 0.15) is 0 Å². The van der Waals surface area contributed by atoms with E-state index in [-0.39, 0.29) is 26.4 Å². The second-order valence-corrected chi connectivity index (χ2v) is 9.63. The predicted octanol–water partition coefficient (Wildman–Crippen LogP) is 7.74. The van der Waals surface area contributed by atoms with Gasteiger partial charge in [-0.15, -0.1) is 0 Å². The molecule has 0 aliphatic rings. The SMILES string of the molecule is OCCOc1ccc2ccc(-c3ccccc3)cc2c1-c1c(OCCO)ccc2ccc(-c3ccccc3)cc12. The van der Waals surface area contributed by atoms with Gasteiger partial charge in [-0.3, -0.25) is 0 Å². The summed E-state index contributed by atoms with van der Waals surface area (Å²) in [5, 5.41) is 23.4. The first-order valence-corrected chi connectivity index (χ1v) is 13.5. The second kappa shape index (κ2) is 11.6. The molecular weight excluding hydrogens is 496 g/mol. The molecule has 0 aliphatic heterocycles. The first-order chi connectivity index (χ1) is 19.8. The van der Waals surface area contributed by atoms with Gasteiger partial charge in [0.15, 0.2) is 0 Å². The lowest BCUT2D eigenvalue weighted by atomic mass is 9.89. The summed E-state index contributed by atoms with van der Waals surface area (Å²) < 4.78 is 12.3. The summed E-state index contributed by atoms with van der Waals surface area (Å²) >= 11 is 0. The van der Waals surface area contributed by atoms with Gasteiger partial charge in [0.25, 0.3) is 0 Å². The highest BCUT2D eigenvalue weighted by atomic mass is 16.5. The molecule has 0 unspecified atom stereocenters. The Kier molecular flexibility index (Phi) is 7.45. The molecule has 0 radical (unpaired) electrons. The molecule has 0 spiro atoms. The fourth-order valence-corrected chi connectivity index (χ4v) is 5.29. The highest BCUT2D eigenvalue weighted by molar-refractivity contribution is 6.11. The molecule has 0 saturated heterocycles. The topological polar surface area (TPSA) is 58.9 Å². The average Bonchev–Trinajstić information content (AvgIpc) is 3.02. The summed E-state index contributed by atoms with van der Waals surface area (Å²) in [6.45, 7) is 0.152. The number of hydrogen-bond acceptors (Lipinski definition) is 4. The molecule has 2 N–H and O–H groups in total. The normalized spacial score (nSPS) is 11.2. The molecule has 6 rings (SSSR count). The molecule has 0 heterocycles.